The van der Waals surface area contributed by atoms with E-state index in [2.05, 4.69) is 12.2 Å². The van der Waals surface area contributed by atoms with Crippen LogP contribution in [0.2, 0.25) is 5.02 Å². The molecule has 1 aromatic carbocycles. The van der Waals surface area contributed by atoms with Gasteiger partial charge >= 0.3 is 0 Å². The summed E-state index contributed by atoms with van der Waals surface area (Å²) in [6, 6.07) is 5.75. The molecular formula is C23H28ClN4O2S+. The highest BCUT2D eigenvalue weighted by molar-refractivity contribution is 7.19. The minimum atomic E-state index is 0.581. The van der Waals surface area contributed by atoms with Gasteiger partial charge in [-0.05, 0) is 48.9 Å². The average molecular weight is 460 g/mol. The van der Waals surface area contributed by atoms with E-state index >= 15 is 0 Å². The van der Waals surface area contributed by atoms with Gasteiger partial charge in [0.1, 0.15) is 36.0 Å². The van der Waals surface area contributed by atoms with Gasteiger partial charge in [-0.3, -0.25) is 0 Å². The molecule has 3 aromatic rings. The van der Waals surface area contributed by atoms with Crippen molar-refractivity contribution in [3.63, 3.8) is 0 Å². The molecule has 1 aliphatic carbocycles. The molecular weight excluding hydrogens is 432 g/mol. The third-order valence-electron chi connectivity index (χ3n) is 6.22. The van der Waals surface area contributed by atoms with Crippen molar-refractivity contribution in [1.29, 1.82) is 0 Å². The molecule has 31 heavy (non-hydrogen) atoms. The van der Waals surface area contributed by atoms with Crippen LogP contribution in [-0.4, -0.2) is 43.4 Å². The van der Waals surface area contributed by atoms with Crippen molar-refractivity contribution in [3.05, 3.63) is 39.5 Å². The van der Waals surface area contributed by atoms with Gasteiger partial charge in [0.15, 0.2) is 5.82 Å². The fourth-order valence-corrected chi connectivity index (χ4v) is 6.16. The topological polar surface area (TPSA) is 60.7 Å². The molecule has 0 spiro atoms. The molecule has 1 saturated heterocycles. The molecule has 2 aliphatic rings. The molecule has 5 rings (SSSR count). The number of thiophene rings is 1. The molecule has 2 N–H and O–H groups in total. The van der Waals surface area contributed by atoms with Gasteiger partial charge in [-0.25, -0.2) is 9.97 Å². The lowest BCUT2D eigenvalue weighted by atomic mass is 9.89. The van der Waals surface area contributed by atoms with E-state index in [1.165, 1.54) is 27.1 Å². The number of aryl methyl sites for hydroxylation is 1. The Morgan fingerprint density at radius 3 is 2.90 bits per heavy atom. The maximum Gasteiger partial charge on any atom is 0.187 e. The highest BCUT2D eigenvalue weighted by Crippen LogP contribution is 2.41. The molecule has 6 nitrogen and oxygen atoms in total. The van der Waals surface area contributed by atoms with Crippen LogP contribution in [0.25, 0.3) is 10.2 Å². The molecule has 0 unspecified atom stereocenters. The lowest BCUT2D eigenvalue weighted by Crippen LogP contribution is -3.12. The standard InChI is InChI=1S/C23H27ClN4O2S/c1-14-3-5-16-19(11-14)31-23-21(16)22(25-15-4-6-18(29-2)17(24)12-15)26-20(27-23)13-28-7-9-30-10-8-28/h4,6,12,14H,3,5,7-11,13H2,1-2H3,(H,25,26,27)/p+1/t14-/m1/s1. The van der Waals surface area contributed by atoms with E-state index in [0.29, 0.717) is 10.8 Å². The first-order valence-corrected chi connectivity index (χ1v) is 12.1. The van der Waals surface area contributed by atoms with Crippen LogP contribution < -0.4 is 15.0 Å². The number of quaternary nitrogens is 1. The first-order chi connectivity index (χ1) is 15.1. The van der Waals surface area contributed by atoms with Crippen LogP contribution >= 0.6 is 22.9 Å². The van der Waals surface area contributed by atoms with Gasteiger partial charge < -0.3 is 19.7 Å². The quantitative estimate of drug-likeness (QED) is 0.610. The summed E-state index contributed by atoms with van der Waals surface area (Å²) in [7, 11) is 1.63. The Morgan fingerprint density at radius 2 is 2.13 bits per heavy atom. The van der Waals surface area contributed by atoms with Gasteiger partial charge in [-0.1, -0.05) is 18.5 Å². The molecule has 0 bridgehead atoms. The van der Waals surface area contributed by atoms with Crippen LogP contribution in [0.3, 0.4) is 0 Å². The second kappa shape index (κ2) is 8.90. The van der Waals surface area contributed by atoms with Gasteiger partial charge in [0, 0.05) is 10.6 Å². The van der Waals surface area contributed by atoms with Crippen molar-refractivity contribution < 1.29 is 14.4 Å². The van der Waals surface area contributed by atoms with E-state index in [4.69, 9.17) is 31.0 Å². The number of rotatable bonds is 5. The zero-order valence-corrected chi connectivity index (χ0v) is 19.5. The monoisotopic (exact) mass is 459 g/mol. The van der Waals surface area contributed by atoms with Gasteiger partial charge in [0.25, 0.3) is 0 Å². The van der Waals surface area contributed by atoms with Crippen molar-refractivity contribution in [2.45, 2.75) is 32.7 Å². The lowest BCUT2D eigenvalue weighted by Gasteiger charge is -2.23. The summed E-state index contributed by atoms with van der Waals surface area (Å²) >= 11 is 8.22. The number of hydrogen-bond acceptors (Lipinski definition) is 6. The predicted molar refractivity (Wildman–Crippen MR) is 125 cm³/mol. The average Bonchev–Trinajstić information content (AvgIpc) is 3.12. The fourth-order valence-electron chi connectivity index (χ4n) is 4.50. The SMILES string of the molecule is COc1ccc(Nc2nc(C[NH+]3CCOCC3)nc3sc4c(c23)CC[C@@H](C)C4)cc1Cl. The summed E-state index contributed by atoms with van der Waals surface area (Å²) in [6.07, 6.45) is 3.44. The van der Waals surface area contributed by atoms with Crippen molar-refractivity contribution in [2.75, 3.05) is 38.7 Å². The van der Waals surface area contributed by atoms with Crippen LogP contribution in [0.4, 0.5) is 11.5 Å². The summed E-state index contributed by atoms with van der Waals surface area (Å²) < 4.78 is 10.8. The number of anilines is 2. The number of hydrogen-bond donors (Lipinski definition) is 2. The minimum Gasteiger partial charge on any atom is -0.495 e. The fraction of sp³-hybridized carbons (Fsp3) is 0.478. The molecule has 164 valence electrons. The van der Waals surface area contributed by atoms with Gasteiger partial charge in [0.2, 0.25) is 0 Å². The molecule has 2 aromatic heterocycles. The number of aromatic nitrogens is 2. The Hall–Kier alpha value is -1.93. The van der Waals surface area contributed by atoms with E-state index in [0.717, 1.165) is 73.8 Å². The summed E-state index contributed by atoms with van der Waals surface area (Å²) in [4.78, 5) is 14.1. The summed E-state index contributed by atoms with van der Waals surface area (Å²) in [5, 5.41) is 5.31. The molecule has 1 fully saturated rings. The predicted octanol–water partition coefficient (Wildman–Crippen LogP) is 3.64. The van der Waals surface area contributed by atoms with E-state index < -0.39 is 0 Å². The highest BCUT2D eigenvalue weighted by Gasteiger charge is 2.25. The van der Waals surface area contributed by atoms with Crippen molar-refractivity contribution in [3.8, 4) is 5.75 Å². The molecule has 8 heteroatoms. The second-order valence-corrected chi connectivity index (χ2v) is 10.0. The maximum atomic E-state index is 6.37. The number of fused-ring (bicyclic) bond motifs is 3. The van der Waals surface area contributed by atoms with Crippen molar-refractivity contribution >= 4 is 44.7 Å². The Morgan fingerprint density at radius 1 is 1.29 bits per heavy atom. The van der Waals surface area contributed by atoms with Crippen LogP contribution in [-0.2, 0) is 24.1 Å². The van der Waals surface area contributed by atoms with Crippen LogP contribution in [0.1, 0.15) is 29.6 Å². The highest BCUT2D eigenvalue weighted by atomic mass is 35.5. The molecule has 0 amide bonds. The largest absolute Gasteiger partial charge is 0.495 e. The molecule has 1 aliphatic heterocycles. The van der Waals surface area contributed by atoms with Crippen LogP contribution in [0.5, 0.6) is 5.75 Å². The molecule has 1 atom stereocenters. The van der Waals surface area contributed by atoms with Gasteiger partial charge in [0.05, 0.1) is 30.7 Å². The molecule has 3 heterocycles. The number of ether oxygens (including phenoxy) is 2. The zero-order chi connectivity index (χ0) is 21.4. The van der Waals surface area contributed by atoms with Crippen molar-refractivity contribution in [1.82, 2.24) is 9.97 Å². The third kappa shape index (κ3) is 4.37. The molecule has 0 radical (unpaired) electrons. The van der Waals surface area contributed by atoms with E-state index in [1.807, 2.05) is 29.5 Å². The molecule has 0 saturated carbocycles. The van der Waals surface area contributed by atoms with E-state index in [1.54, 1.807) is 7.11 Å². The normalized spacial score (nSPS) is 19.4. The first-order valence-electron chi connectivity index (χ1n) is 10.9. The lowest BCUT2D eigenvalue weighted by molar-refractivity contribution is -0.922. The number of nitrogens with zero attached hydrogens (tertiary/aromatic N) is 2. The Labute approximate surface area is 191 Å². The summed E-state index contributed by atoms with van der Waals surface area (Å²) in [5.74, 6) is 3.17. The number of nitrogens with one attached hydrogen (secondary N) is 2. The Kier molecular flexibility index (Phi) is 6.01. The first kappa shape index (κ1) is 20.9. The van der Waals surface area contributed by atoms with Gasteiger partial charge in [-0.2, -0.15) is 0 Å². The zero-order valence-electron chi connectivity index (χ0n) is 18.0. The Bertz CT molecular complexity index is 1100. The van der Waals surface area contributed by atoms with E-state index in [-0.39, 0.29) is 0 Å². The smallest absolute Gasteiger partial charge is 0.187 e. The third-order valence-corrected chi connectivity index (χ3v) is 7.67. The number of benzene rings is 1. The number of halogens is 1. The number of morpholine rings is 1. The summed E-state index contributed by atoms with van der Waals surface area (Å²) in [5.41, 5.74) is 2.32. The maximum absolute atomic E-state index is 6.37. The second-order valence-electron chi connectivity index (χ2n) is 8.53. The van der Waals surface area contributed by atoms with Crippen LogP contribution in [0, 0.1) is 5.92 Å². The number of methoxy groups -OCH3 is 1. The van der Waals surface area contributed by atoms with Crippen LogP contribution in [0.15, 0.2) is 18.2 Å². The van der Waals surface area contributed by atoms with Gasteiger partial charge in [-0.15, -0.1) is 11.3 Å². The van der Waals surface area contributed by atoms with E-state index in [9.17, 15) is 0 Å². The Balaban J connectivity index is 1.55. The minimum absolute atomic E-state index is 0.581. The summed E-state index contributed by atoms with van der Waals surface area (Å²) in [6.45, 7) is 6.75. The van der Waals surface area contributed by atoms with Crippen molar-refractivity contribution in [2.24, 2.45) is 5.92 Å².